The van der Waals surface area contributed by atoms with Gasteiger partial charge in [-0.15, -0.1) is 101 Å². The summed E-state index contributed by atoms with van der Waals surface area (Å²) in [7, 11) is 0. The largest absolute Gasteiger partial charge is 4.00 e. The van der Waals surface area contributed by atoms with Gasteiger partial charge in [0.05, 0.1) is 18.5 Å². The Morgan fingerprint density at radius 1 is 0.297 bits per heavy atom. The number of hydrazone groups is 6. The minimum atomic E-state index is -0.149. The molecule has 0 saturated carbocycles. The van der Waals surface area contributed by atoms with Crippen LogP contribution < -0.4 is 82.3 Å². The average Bonchev–Trinajstić information content (AvgIpc) is 1.80. The molecule has 0 N–H and O–H groups in total. The molecule has 0 amide bonds. The Kier molecular flexibility index (Phi) is 32.0. The molecule has 23 rings (SSSR count). The molecule has 3 atom stereocenters. The van der Waals surface area contributed by atoms with E-state index in [1.165, 1.54) is 44.3 Å². The van der Waals surface area contributed by atoms with Gasteiger partial charge in [0, 0.05) is 63.4 Å². The van der Waals surface area contributed by atoms with Crippen LogP contribution in [-0.4, -0.2) is 82.3 Å². The molecule has 0 spiro atoms. The van der Waals surface area contributed by atoms with Crippen LogP contribution in [0.1, 0.15) is 76.3 Å². The Morgan fingerprint density at radius 2 is 0.628 bits per heavy atom. The van der Waals surface area contributed by atoms with Crippen LogP contribution in [0.25, 0.3) is 0 Å². The summed E-state index contributed by atoms with van der Waals surface area (Å²) in [5.74, 6) is 4.74. The van der Waals surface area contributed by atoms with Crippen molar-refractivity contribution < 1.29 is 67.9 Å². The van der Waals surface area contributed by atoms with Crippen molar-refractivity contribution in [1.29, 1.82) is 0 Å². The van der Waals surface area contributed by atoms with Crippen LogP contribution in [0.4, 0.5) is 51.2 Å². The summed E-state index contributed by atoms with van der Waals surface area (Å²) in [6, 6.07) is 130. The summed E-state index contributed by atoms with van der Waals surface area (Å²) in [6.07, 6.45) is 32.2. The quantitative estimate of drug-likeness (QED) is 0.0446. The molecule has 0 fully saturated rings. The zero-order valence-electron chi connectivity index (χ0n) is 81.0. The molecule has 0 bridgehead atoms. The summed E-state index contributed by atoms with van der Waals surface area (Å²) in [5.41, 5.74) is 25.5. The number of benzene rings is 14. The molecule has 3 aliphatic carbocycles. The first kappa shape index (κ1) is 100. The first-order chi connectivity index (χ1) is 69.7. The molecule has 19 nitrogen and oxygen atoms in total. The molecule has 718 valence electrons. The summed E-state index contributed by atoms with van der Waals surface area (Å²) < 4.78 is 6.09. The van der Waals surface area contributed by atoms with Gasteiger partial charge in [0.15, 0.2) is 13.4 Å². The molecule has 0 radical (unpaired) electrons. The Labute approximate surface area is 896 Å². The number of rotatable bonds is 23. The van der Waals surface area contributed by atoms with Crippen LogP contribution in [0.2, 0.25) is 0 Å². The van der Waals surface area contributed by atoms with E-state index < -0.39 is 0 Å². The SMILES string of the molecule is CC1=NN(c2[c-]c(B(c3[c-]c(N4[CH-]N([C@@H]5C=CC=CC5)C(c5ccccc5)=N4)ccc3)c3c(C)cc(C)cc3C)ccc2)[CH-]N1c1ccccc1.Cc1cc(C)c(B(c2[c-]c(N3[CH-]N(c4ccccc4)C(c4ccccc4)=N3)ccc2)c2[c-]c(N3[CH-]N([C@@H]4C=CC=CC4)C(c4ccccc4)=N3)ccc2)c(C)c1.[Pt+4].[Pt+4].[Pt+4].[c-]1c(Oc2[c-]c(N3[CH-]N([C@@H]4C=CC=CC4)C=N3)ccc2)cccc1N1[CH-]N(c2ccccc2)C=N1. The summed E-state index contributed by atoms with van der Waals surface area (Å²) in [6.45, 7) is 27.1. The van der Waals surface area contributed by atoms with Gasteiger partial charge in [0.25, 0.3) is 0 Å². The fourth-order valence-electron chi connectivity index (χ4n) is 19.2. The van der Waals surface area contributed by atoms with Gasteiger partial charge in [-0.1, -0.05) is 321 Å². The molecule has 9 aliphatic rings. The monoisotopic (exact) mass is 2430 g/mol. The standard InChI is InChI=1S/C49H41BN6.C44H39BN6.C28H22N6O.3Pt/c1-36-30-37(2)47(38(3)31-36)50(41-22-16-28-45(32-41)55-34-53(43-24-12-6-13-25-43)48(51-55)39-18-8-4-9-19-39)42-23-17-29-46(33-42)56-35-54(44-26-14-7-15-27-44)49(52-56)40-20-10-5-11-21-40;1-32-26-33(2)43(34(3)27-32)45(37-18-14-24-41(28-37)50-30-48(35(4)46-50)39-20-10-6-11-21-39)38-19-15-25-42(29-38)51-31-49(40-22-12-7-13-23-40)44(47-51)36-16-8-5-9-17-36;1-3-9-23(10-4-1)31-19-29-33(21-31)25-13-7-15-27(17-25)35-28-16-8-14-26(18-28)34-22-32(20-30-34)24-11-5-2-6-12-24;;;/h4-26,28-31,34-35,44H,27H2,1-3H3;5-22,24-27,30-31,40H,23H2,1-4H3;1-11,13-16,19-22,24H,12H2;;;/q3*-4;3*+4/t44-;40-;24-;;;/m111.../s1. The van der Waals surface area contributed by atoms with Crippen LogP contribution in [0.15, 0.2) is 419 Å². The Hall–Kier alpha value is -14.9. The number of amidine groups is 4. The normalized spacial score (nSPS) is 16.8. The van der Waals surface area contributed by atoms with Crippen LogP contribution in [0, 0.1) is 118 Å². The summed E-state index contributed by atoms with van der Waals surface area (Å²) in [4.78, 5) is 12.8. The first-order valence-electron chi connectivity index (χ1n) is 48.0. The zero-order valence-corrected chi connectivity index (χ0v) is 87.8. The van der Waals surface area contributed by atoms with E-state index in [-0.39, 0.29) is 94.7 Å². The molecule has 24 heteroatoms. The minimum absolute atomic E-state index is 0. The van der Waals surface area contributed by atoms with E-state index in [0.29, 0.717) is 11.5 Å². The number of allylic oxidation sites excluding steroid dienone is 6. The molecule has 6 aliphatic heterocycles. The number of hydrogen-bond acceptors (Lipinski definition) is 19. The van der Waals surface area contributed by atoms with Crippen molar-refractivity contribution >= 4 is 133 Å². The van der Waals surface area contributed by atoms with E-state index in [4.69, 9.17) is 25.1 Å². The van der Waals surface area contributed by atoms with Gasteiger partial charge in [-0.3, -0.25) is 0 Å². The summed E-state index contributed by atoms with van der Waals surface area (Å²) in [5, 5.41) is 40.8. The minimum Gasteiger partial charge on any atom is -0.509 e. The van der Waals surface area contributed by atoms with E-state index in [1.54, 1.807) is 16.4 Å². The van der Waals surface area contributed by atoms with E-state index >= 15 is 0 Å². The van der Waals surface area contributed by atoms with Crippen LogP contribution in [0.3, 0.4) is 0 Å². The molecular weight excluding hydrogens is 2330 g/mol. The van der Waals surface area contributed by atoms with Crippen LogP contribution in [0.5, 0.6) is 11.5 Å². The van der Waals surface area contributed by atoms with Gasteiger partial charge in [-0.05, 0) is 104 Å². The molecule has 0 aromatic heterocycles. The average molecular weight is 2430 g/mol. The van der Waals surface area contributed by atoms with Gasteiger partial charge in [0.1, 0.15) is 17.5 Å². The van der Waals surface area contributed by atoms with Crippen LogP contribution in [-0.2, 0) is 63.2 Å². The van der Waals surface area contributed by atoms with Crippen molar-refractivity contribution in [2.45, 2.75) is 85.9 Å². The molecule has 0 saturated heterocycles. The predicted molar refractivity (Wildman–Crippen MR) is 584 cm³/mol. The van der Waals surface area contributed by atoms with Gasteiger partial charge >= 0.3 is 63.2 Å². The first-order valence-corrected chi connectivity index (χ1v) is 48.0. The van der Waals surface area contributed by atoms with E-state index in [2.05, 4.69) is 393 Å². The van der Waals surface area contributed by atoms with Crippen LogP contribution >= 0.6 is 0 Å². The van der Waals surface area contributed by atoms with Crippen molar-refractivity contribution in [3.8, 4) is 11.5 Å². The van der Waals surface area contributed by atoms with E-state index in [1.807, 2.05) is 186 Å². The van der Waals surface area contributed by atoms with Crippen molar-refractivity contribution in [3.05, 3.63) is 515 Å². The number of nitrogens with zero attached hydrogens (tertiary/aromatic N) is 18. The Morgan fingerprint density at radius 3 is 1.03 bits per heavy atom. The third-order valence-corrected chi connectivity index (χ3v) is 25.8. The number of para-hydroxylation sites is 3. The number of ether oxygens (including phenoxy) is 1. The van der Waals surface area contributed by atoms with Crippen molar-refractivity contribution in [2.75, 3.05) is 44.8 Å². The maximum Gasteiger partial charge on any atom is 4.00 e. The molecule has 0 unspecified atom stereocenters. The van der Waals surface area contributed by atoms with E-state index in [9.17, 15) is 0 Å². The van der Waals surface area contributed by atoms with Crippen molar-refractivity contribution in [1.82, 2.24) is 14.7 Å². The molecule has 6 heterocycles. The van der Waals surface area contributed by atoms with E-state index in [0.717, 1.165) is 132 Å². The second kappa shape index (κ2) is 46.2. The maximum atomic E-state index is 6.09. The van der Waals surface area contributed by atoms with Gasteiger partial charge in [0.2, 0.25) is 0 Å². The smallest absolute Gasteiger partial charge is 0.509 e. The molecular formula is C121H102B2N18OPt3. The van der Waals surface area contributed by atoms with Crippen molar-refractivity contribution in [2.24, 2.45) is 30.6 Å². The number of aryl methyl sites for hydroxylation is 6. The predicted octanol–water partition coefficient (Wildman–Crippen LogP) is 20.5. The maximum absolute atomic E-state index is 6.09. The Balaban J connectivity index is 0.000000145. The molecule has 14 aromatic carbocycles. The fourth-order valence-corrected chi connectivity index (χ4v) is 19.2. The second-order valence-corrected chi connectivity index (χ2v) is 35.9. The third-order valence-electron chi connectivity index (χ3n) is 25.8. The van der Waals surface area contributed by atoms with Gasteiger partial charge < -0.3 is 64.2 Å². The molecule has 14 aromatic rings. The second-order valence-electron chi connectivity index (χ2n) is 35.9. The molecule has 145 heavy (non-hydrogen) atoms. The number of anilines is 9. The van der Waals surface area contributed by atoms with Gasteiger partial charge in [-0.25, -0.2) is 0 Å². The topological polar surface area (TPSA) is 122 Å². The zero-order chi connectivity index (χ0) is 96.4. The number of hydrogen-bond donors (Lipinski definition) is 0. The van der Waals surface area contributed by atoms with Gasteiger partial charge in [-0.2, -0.15) is 137 Å². The third kappa shape index (κ3) is 22.7. The van der Waals surface area contributed by atoms with Crippen molar-refractivity contribution in [3.63, 3.8) is 0 Å². The fraction of sp³-hybridized carbons (Fsp3) is 0.107. The Bertz CT molecular complexity index is 7270. The summed E-state index contributed by atoms with van der Waals surface area (Å²) >= 11 is 0.